The lowest BCUT2D eigenvalue weighted by atomic mass is 10.0. The van der Waals surface area contributed by atoms with Gasteiger partial charge in [-0.3, -0.25) is 0 Å². The zero-order valence-corrected chi connectivity index (χ0v) is 11.9. The average molecular weight is 279 g/mol. The summed E-state index contributed by atoms with van der Waals surface area (Å²) in [5.41, 5.74) is 3.67. The first-order valence-corrected chi connectivity index (χ1v) is 6.98. The van der Waals surface area contributed by atoms with Crippen LogP contribution >= 0.6 is 23.2 Å². The van der Waals surface area contributed by atoms with Gasteiger partial charge in [0.2, 0.25) is 0 Å². The van der Waals surface area contributed by atoms with Crippen LogP contribution in [0.4, 0.5) is 0 Å². The molecule has 0 aromatic heterocycles. The smallest absolute Gasteiger partial charge is 0.0625 e. The number of halogens is 2. The summed E-state index contributed by atoms with van der Waals surface area (Å²) in [6, 6.07) is 16.4. The van der Waals surface area contributed by atoms with Crippen LogP contribution in [0.15, 0.2) is 48.5 Å². The van der Waals surface area contributed by atoms with Crippen LogP contribution < -0.4 is 0 Å². The third-order valence-corrected chi connectivity index (χ3v) is 3.69. The molecule has 2 rings (SSSR count). The highest BCUT2D eigenvalue weighted by molar-refractivity contribution is 6.30. The van der Waals surface area contributed by atoms with Crippen molar-refractivity contribution in [2.45, 2.75) is 25.1 Å². The fourth-order valence-corrected chi connectivity index (χ4v) is 2.49. The summed E-state index contributed by atoms with van der Waals surface area (Å²) in [6.07, 6.45) is 1.86. The predicted molar refractivity (Wildman–Crippen MR) is 79.6 cm³/mol. The van der Waals surface area contributed by atoms with Crippen LogP contribution in [0.2, 0.25) is 5.02 Å². The molecule has 18 heavy (non-hydrogen) atoms. The van der Waals surface area contributed by atoms with E-state index in [0.717, 1.165) is 23.4 Å². The van der Waals surface area contributed by atoms with Crippen LogP contribution in [-0.2, 0) is 12.8 Å². The van der Waals surface area contributed by atoms with E-state index in [2.05, 4.69) is 37.3 Å². The lowest BCUT2D eigenvalue weighted by molar-refractivity contribution is 0.918. The molecule has 2 aromatic rings. The van der Waals surface area contributed by atoms with Crippen molar-refractivity contribution >= 4 is 23.2 Å². The summed E-state index contributed by atoms with van der Waals surface area (Å²) in [4.78, 5) is 0. The monoisotopic (exact) mass is 278 g/mol. The summed E-state index contributed by atoms with van der Waals surface area (Å²) in [5, 5.41) is 0.757. The summed E-state index contributed by atoms with van der Waals surface area (Å²) < 4.78 is 0. The van der Waals surface area contributed by atoms with E-state index in [-0.39, 0.29) is 5.38 Å². The third-order valence-electron chi connectivity index (χ3n) is 3.05. The van der Waals surface area contributed by atoms with Gasteiger partial charge in [0.25, 0.3) is 0 Å². The number of alkyl halides is 1. The molecule has 0 radical (unpaired) electrons. The molecule has 0 N–H and O–H groups in total. The number of benzene rings is 2. The minimum Gasteiger partial charge on any atom is -0.117 e. The molecule has 0 aliphatic heterocycles. The molecular formula is C16H16Cl2. The summed E-state index contributed by atoms with van der Waals surface area (Å²) in [7, 11) is 0. The van der Waals surface area contributed by atoms with E-state index in [4.69, 9.17) is 23.2 Å². The molecule has 2 heteroatoms. The first kappa shape index (κ1) is 13.5. The molecule has 0 amide bonds. The van der Waals surface area contributed by atoms with Crippen molar-refractivity contribution in [2.24, 2.45) is 0 Å². The second-order valence-corrected chi connectivity index (χ2v) is 5.36. The van der Waals surface area contributed by atoms with Crippen molar-refractivity contribution in [2.75, 3.05) is 0 Å². The Hall–Kier alpha value is -0.980. The first-order valence-electron chi connectivity index (χ1n) is 6.16. The fraction of sp³-hybridized carbons (Fsp3) is 0.250. The molecule has 1 atom stereocenters. The van der Waals surface area contributed by atoms with Gasteiger partial charge in [-0.05, 0) is 41.7 Å². The van der Waals surface area contributed by atoms with E-state index in [1.807, 2.05) is 18.2 Å². The fourth-order valence-electron chi connectivity index (χ4n) is 1.95. The lowest BCUT2D eigenvalue weighted by Gasteiger charge is -2.11. The molecule has 1 unspecified atom stereocenters. The Balaban J connectivity index is 2.09. The second kappa shape index (κ2) is 6.26. The number of aryl methyl sites for hydroxylation is 1. The molecule has 0 bridgehead atoms. The minimum atomic E-state index is -0.00521. The number of rotatable bonds is 4. The zero-order chi connectivity index (χ0) is 13.0. The molecule has 0 fully saturated rings. The maximum Gasteiger partial charge on any atom is 0.0625 e. The van der Waals surface area contributed by atoms with Gasteiger partial charge < -0.3 is 0 Å². The Morgan fingerprint density at radius 2 is 1.72 bits per heavy atom. The van der Waals surface area contributed by atoms with Crippen molar-refractivity contribution in [3.8, 4) is 0 Å². The maximum atomic E-state index is 6.45. The summed E-state index contributed by atoms with van der Waals surface area (Å²) >= 11 is 12.4. The zero-order valence-electron chi connectivity index (χ0n) is 10.4. The molecule has 94 valence electrons. The Morgan fingerprint density at radius 1 is 1.00 bits per heavy atom. The van der Waals surface area contributed by atoms with Crippen molar-refractivity contribution in [3.63, 3.8) is 0 Å². The second-order valence-electron chi connectivity index (χ2n) is 4.40. The molecule has 0 spiro atoms. The van der Waals surface area contributed by atoms with Gasteiger partial charge in [-0.15, -0.1) is 11.6 Å². The van der Waals surface area contributed by atoms with Gasteiger partial charge in [0, 0.05) is 5.02 Å². The number of hydrogen-bond acceptors (Lipinski definition) is 0. The highest BCUT2D eigenvalue weighted by atomic mass is 35.5. The standard InChI is InChI=1S/C16H16Cl2/c1-2-12-6-8-14(9-7-12)16(18)11-13-4-3-5-15(17)10-13/h3-10,16H,2,11H2,1H3. The van der Waals surface area contributed by atoms with Crippen LogP contribution in [0.5, 0.6) is 0 Å². The average Bonchev–Trinajstić information content (AvgIpc) is 2.39. The molecule has 2 aromatic carbocycles. The Morgan fingerprint density at radius 3 is 2.33 bits per heavy atom. The quantitative estimate of drug-likeness (QED) is 0.655. The van der Waals surface area contributed by atoms with E-state index in [1.54, 1.807) is 0 Å². The number of hydrogen-bond donors (Lipinski definition) is 0. The van der Waals surface area contributed by atoms with Gasteiger partial charge in [-0.2, -0.15) is 0 Å². The lowest BCUT2D eigenvalue weighted by Crippen LogP contribution is -1.96. The van der Waals surface area contributed by atoms with Gasteiger partial charge in [0.1, 0.15) is 0 Å². The van der Waals surface area contributed by atoms with Crippen molar-refractivity contribution < 1.29 is 0 Å². The summed E-state index contributed by atoms with van der Waals surface area (Å²) in [5.74, 6) is 0. The molecule has 0 aliphatic carbocycles. The van der Waals surface area contributed by atoms with E-state index in [0.29, 0.717) is 0 Å². The highest BCUT2D eigenvalue weighted by Crippen LogP contribution is 2.26. The minimum absolute atomic E-state index is 0.00521. The molecular weight excluding hydrogens is 263 g/mol. The largest absolute Gasteiger partial charge is 0.117 e. The SMILES string of the molecule is CCc1ccc(C(Cl)Cc2cccc(Cl)c2)cc1. The van der Waals surface area contributed by atoms with Gasteiger partial charge >= 0.3 is 0 Å². The van der Waals surface area contributed by atoms with Gasteiger partial charge in [0.15, 0.2) is 0 Å². The van der Waals surface area contributed by atoms with Crippen LogP contribution in [0, 0.1) is 0 Å². The molecule has 0 aliphatic rings. The Labute approximate surface area is 119 Å². The summed E-state index contributed by atoms with van der Waals surface area (Å²) in [6.45, 7) is 2.15. The maximum absolute atomic E-state index is 6.45. The van der Waals surface area contributed by atoms with Crippen LogP contribution in [0.3, 0.4) is 0 Å². The molecule has 0 nitrogen and oxygen atoms in total. The van der Waals surface area contributed by atoms with Crippen molar-refractivity contribution in [1.29, 1.82) is 0 Å². The first-order chi connectivity index (χ1) is 8.69. The molecule has 0 saturated carbocycles. The third kappa shape index (κ3) is 3.51. The van der Waals surface area contributed by atoms with Crippen molar-refractivity contribution in [3.05, 3.63) is 70.2 Å². The van der Waals surface area contributed by atoms with E-state index in [1.165, 1.54) is 11.1 Å². The van der Waals surface area contributed by atoms with Gasteiger partial charge in [-0.25, -0.2) is 0 Å². The van der Waals surface area contributed by atoms with Crippen molar-refractivity contribution in [1.82, 2.24) is 0 Å². The predicted octanol–water partition coefficient (Wildman–Crippen LogP) is 5.43. The molecule has 0 saturated heterocycles. The van der Waals surface area contributed by atoms with E-state index >= 15 is 0 Å². The van der Waals surface area contributed by atoms with Gasteiger partial charge in [-0.1, -0.05) is 54.9 Å². The van der Waals surface area contributed by atoms with E-state index < -0.39 is 0 Å². The normalized spacial score (nSPS) is 12.4. The van der Waals surface area contributed by atoms with E-state index in [9.17, 15) is 0 Å². The topological polar surface area (TPSA) is 0 Å². The Bertz CT molecular complexity index is 503. The molecule has 0 heterocycles. The van der Waals surface area contributed by atoms with Crippen LogP contribution in [0.25, 0.3) is 0 Å². The Kier molecular flexibility index (Phi) is 4.68. The van der Waals surface area contributed by atoms with Crippen LogP contribution in [0.1, 0.15) is 29.0 Å². The van der Waals surface area contributed by atoms with Gasteiger partial charge in [0.05, 0.1) is 5.38 Å². The van der Waals surface area contributed by atoms with Crippen LogP contribution in [-0.4, -0.2) is 0 Å². The highest BCUT2D eigenvalue weighted by Gasteiger charge is 2.09.